The average molecular weight is 313 g/mol. The van der Waals surface area contributed by atoms with Crippen LogP contribution < -0.4 is 14.8 Å². The number of aryl methyl sites for hydroxylation is 1. The fourth-order valence-electron chi connectivity index (χ4n) is 2.28. The van der Waals surface area contributed by atoms with E-state index in [-0.39, 0.29) is 5.91 Å². The van der Waals surface area contributed by atoms with Crippen molar-refractivity contribution >= 4 is 5.91 Å². The minimum atomic E-state index is 0.00670. The Balaban J connectivity index is 1.92. The van der Waals surface area contributed by atoms with Gasteiger partial charge in [0.25, 0.3) is 0 Å². The van der Waals surface area contributed by atoms with E-state index in [2.05, 4.69) is 5.32 Å². The molecule has 4 heteroatoms. The number of hydrogen-bond donors (Lipinski definition) is 1. The summed E-state index contributed by atoms with van der Waals surface area (Å²) in [6.07, 6.45) is 1.78. The Morgan fingerprint density at radius 2 is 1.83 bits per heavy atom. The zero-order valence-electron chi connectivity index (χ0n) is 13.7. The summed E-state index contributed by atoms with van der Waals surface area (Å²) in [5, 5.41) is 2.80. The van der Waals surface area contributed by atoms with Gasteiger partial charge in [0.1, 0.15) is 6.61 Å². The predicted molar refractivity (Wildman–Crippen MR) is 90.8 cm³/mol. The first-order valence-corrected chi connectivity index (χ1v) is 7.77. The second-order valence-electron chi connectivity index (χ2n) is 5.35. The molecule has 2 rings (SSSR count). The van der Waals surface area contributed by atoms with Gasteiger partial charge in [-0.25, -0.2) is 0 Å². The summed E-state index contributed by atoms with van der Waals surface area (Å²) >= 11 is 0. The molecule has 0 aromatic heterocycles. The topological polar surface area (TPSA) is 47.6 Å². The first kappa shape index (κ1) is 16.9. The lowest BCUT2D eigenvalue weighted by Gasteiger charge is -2.12. The third-order valence-electron chi connectivity index (χ3n) is 3.48. The molecule has 4 nitrogen and oxygen atoms in total. The maximum absolute atomic E-state index is 10.8. The molecule has 1 N–H and O–H groups in total. The van der Waals surface area contributed by atoms with Gasteiger partial charge in [0.2, 0.25) is 5.91 Å². The molecular weight excluding hydrogens is 290 g/mol. The van der Waals surface area contributed by atoms with Crippen molar-refractivity contribution in [1.29, 1.82) is 0 Å². The number of hydrogen-bond acceptors (Lipinski definition) is 3. The number of carbonyl (C=O) groups excluding carboxylic acids is 1. The van der Waals surface area contributed by atoms with Gasteiger partial charge < -0.3 is 14.8 Å². The van der Waals surface area contributed by atoms with Crippen LogP contribution in [0.1, 0.15) is 24.5 Å². The standard InChI is InChI=1S/C19H23NO3/c1-15(21)20-12-6-9-16-10-11-18(19(13-16)22-2)23-14-17-7-4-3-5-8-17/h3-5,7-8,10-11,13H,6,9,12,14H2,1-2H3,(H,20,21). The summed E-state index contributed by atoms with van der Waals surface area (Å²) in [6.45, 7) is 2.73. The number of carbonyl (C=O) groups is 1. The number of amides is 1. The molecule has 0 fully saturated rings. The Bertz CT molecular complexity index is 626. The van der Waals surface area contributed by atoms with Crippen LogP contribution in [0, 0.1) is 0 Å². The molecule has 0 aliphatic heterocycles. The molecule has 0 unspecified atom stereocenters. The van der Waals surface area contributed by atoms with Gasteiger partial charge in [0.05, 0.1) is 7.11 Å². The van der Waals surface area contributed by atoms with E-state index in [0.717, 1.165) is 29.9 Å². The fraction of sp³-hybridized carbons (Fsp3) is 0.316. The van der Waals surface area contributed by atoms with E-state index in [9.17, 15) is 4.79 Å². The van der Waals surface area contributed by atoms with Gasteiger partial charge in [-0.15, -0.1) is 0 Å². The summed E-state index contributed by atoms with van der Waals surface area (Å²) in [6, 6.07) is 16.0. The van der Waals surface area contributed by atoms with Crippen molar-refractivity contribution in [3.05, 3.63) is 59.7 Å². The van der Waals surface area contributed by atoms with E-state index >= 15 is 0 Å². The third-order valence-corrected chi connectivity index (χ3v) is 3.48. The number of nitrogens with one attached hydrogen (secondary N) is 1. The van der Waals surface area contributed by atoms with Gasteiger partial charge in [-0.05, 0) is 36.1 Å². The van der Waals surface area contributed by atoms with Crippen LogP contribution in [0.25, 0.3) is 0 Å². The first-order chi connectivity index (χ1) is 11.2. The van der Waals surface area contributed by atoms with Crippen LogP contribution in [0.4, 0.5) is 0 Å². The number of methoxy groups -OCH3 is 1. The van der Waals surface area contributed by atoms with E-state index < -0.39 is 0 Å². The molecule has 0 radical (unpaired) electrons. The molecular formula is C19H23NO3. The molecule has 23 heavy (non-hydrogen) atoms. The maximum atomic E-state index is 10.8. The number of rotatable bonds is 8. The highest BCUT2D eigenvalue weighted by atomic mass is 16.5. The largest absolute Gasteiger partial charge is 0.493 e. The summed E-state index contributed by atoms with van der Waals surface area (Å²) in [7, 11) is 1.64. The molecule has 1 amide bonds. The highest BCUT2D eigenvalue weighted by Crippen LogP contribution is 2.29. The van der Waals surface area contributed by atoms with Crippen LogP contribution in [-0.2, 0) is 17.8 Å². The van der Waals surface area contributed by atoms with Crippen molar-refractivity contribution in [2.24, 2.45) is 0 Å². The van der Waals surface area contributed by atoms with Crippen molar-refractivity contribution in [2.75, 3.05) is 13.7 Å². The first-order valence-electron chi connectivity index (χ1n) is 7.77. The van der Waals surface area contributed by atoms with Crippen LogP contribution >= 0.6 is 0 Å². The monoisotopic (exact) mass is 313 g/mol. The van der Waals surface area contributed by atoms with E-state index in [1.807, 2.05) is 48.5 Å². The zero-order chi connectivity index (χ0) is 16.5. The lowest BCUT2D eigenvalue weighted by molar-refractivity contribution is -0.118. The predicted octanol–water partition coefficient (Wildman–Crippen LogP) is 3.34. The Labute approximate surface area is 137 Å². The van der Waals surface area contributed by atoms with Gasteiger partial charge in [0.15, 0.2) is 11.5 Å². The molecule has 0 spiro atoms. The van der Waals surface area contributed by atoms with Crippen molar-refractivity contribution in [3.8, 4) is 11.5 Å². The van der Waals surface area contributed by atoms with Crippen LogP contribution in [0.5, 0.6) is 11.5 Å². The smallest absolute Gasteiger partial charge is 0.216 e. The van der Waals surface area contributed by atoms with Crippen molar-refractivity contribution < 1.29 is 14.3 Å². The fourth-order valence-corrected chi connectivity index (χ4v) is 2.28. The molecule has 0 bridgehead atoms. The molecule has 0 saturated carbocycles. The maximum Gasteiger partial charge on any atom is 0.216 e. The summed E-state index contributed by atoms with van der Waals surface area (Å²) in [4.78, 5) is 10.8. The minimum Gasteiger partial charge on any atom is -0.493 e. The van der Waals surface area contributed by atoms with Crippen LogP contribution in [0.15, 0.2) is 48.5 Å². The molecule has 122 valence electrons. The molecule has 0 aliphatic carbocycles. The van der Waals surface area contributed by atoms with Gasteiger partial charge in [0, 0.05) is 13.5 Å². The highest BCUT2D eigenvalue weighted by molar-refractivity contribution is 5.72. The third kappa shape index (κ3) is 5.66. The normalized spacial score (nSPS) is 10.2. The van der Waals surface area contributed by atoms with Crippen LogP contribution in [0.2, 0.25) is 0 Å². The minimum absolute atomic E-state index is 0.00670. The van der Waals surface area contributed by atoms with Crippen molar-refractivity contribution in [3.63, 3.8) is 0 Å². The number of benzene rings is 2. The van der Waals surface area contributed by atoms with Gasteiger partial charge >= 0.3 is 0 Å². The van der Waals surface area contributed by atoms with Crippen molar-refractivity contribution in [2.45, 2.75) is 26.4 Å². The lowest BCUT2D eigenvalue weighted by atomic mass is 10.1. The summed E-state index contributed by atoms with van der Waals surface area (Å²) in [5.41, 5.74) is 2.29. The summed E-state index contributed by atoms with van der Waals surface area (Å²) < 4.78 is 11.3. The van der Waals surface area contributed by atoms with Crippen LogP contribution in [0.3, 0.4) is 0 Å². The molecule has 0 saturated heterocycles. The average Bonchev–Trinajstić information content (AvgIpc) is 2.58. The molecule has 0 heterocycles. The Hall–Kier alpha value is -2.49. The molecule has 0 atom stereocenters. The van der Waals surface area contributed by atoms with Gasteiger partial charge in [-0.3, -0.25) is 4.79 Å². The van der Waals surface area contributed by atoms with E-state index in [1.54, 1.807) is 7.11 Å². The second kappa shape index (κ2) is 8.83. The van der Waals surface area contributed by atoms with Gasteiger partial charge in [-0.2, -0.15) is 0 Å². The quantitative estimate of drug-likeness (QED) is 0.760. The zero-order valence-corrected chi connectivity index (χ0v) is 13.7. The molecule has 0 aliphatic rings. The lowest BCUT2D eigenvalue weighted by Crippen LogP contribution is -2.21. The Kier molecular flexibility index (Phi) is 6.48. The Morgan fingerprint density at radius 1 is 1.04 bits per heavy atom. The van der Waals surface area contributed by atoms with Crippen molar-refractivity contribution in [1.82, 2.24) is 5.32 Å². The van der Waals surface area contributed by atoms with E-state index in [0.29, 0.717) is 13.2 Å². The van der Waals surface area contributed by atoms with E-state index in [1.165, 1.54) is 12.5 Å². The van der Waals surface area contributed by atoms with Crippen LogP contribution in [-0.4, -0.2) is 19.6 Å². The van der Waals surface area contributed by atoms with Gasteiger partial charge in [-0.1, -0.05) is 36.4 Å². The highest BCUT2D eigenvalue weighted by Gasteiger charge is 2.06. The number of ether oxygens (including phenoxy) is 2. The second-order valence-corrected chi connectivity index (χ2v) is 5.35. The van der Waals surface area contributed by atoms with E-state index in [4.69, 9.17) is 9.47 Å². The summed E-state index contributed by atoms with van der Waals surface area (Å²) in [5.74, 6) is 1.48. The molecule has 2 aromatic carbocycles. The Morgan fingerprint density at radius 3 is 2.52 bits per heavy atom. The SMILES string of the molecule is COc1cc(CCCNC(C)=O)ccc1OCc1ccccc1. The molecule has 2 aromatic rings.